The SMILES string of the molecule is Cc1cccnc1CNC1CCN(C(=O)OC(C)(C)C)C1. The molecule has 0 spiro atoms. The maximum Gasteiger partial charge on any atom is 0.410 e. The normalized spacial score (nSPS) is 18.9. The van der Waals surface area contributed by atoms with Crippen molar-refractivity contribution in [2.75, 3.05) is 13.1 Å². The molecule has 21 heavy (non-hydrogen) atoms. The van der Waals surface area contributed by atoms with Gasteiger partial charge >= 0.3 is 6.09 Å². The molecule has 0 aliphatic carbocycles. The Balaban J connectivity index is 1.80. The van der Waals surface area contributed by atoms with Crippen molar-refractivity contribution in [3.8, 4) is 0 Å². The first-order valence-corrected chi connectivity index (χ1v) is 7.47. The number of carbonyl (C=O) groups is 1. The van der Waals surface area contributed by atoms with E-state index in [9.17, 15) is 4.79 Å². The molecule has 5 nitrogen and oxygen atoms in total. The second-order valence-electron chi connectivity index (χ2n) is 6.56. The summed E-state index contributed by atoms with van der Waals surface area (Å²) in [6.07, 6.45) is 2.54. The molecule has 0 aromatic carbocycles. The van der Waals surface area contributed by atoms with Crippen LogP contribution in [0.5, 0.6) is 0 Å². The Bertz CT molecular complexity index is 497. The highest BCUT2D eigenvalue weighted by Gasteiger charge is 2.29. The number of likely N-dealkylation sites (tertiary alicyclic amines) is 1. The number of rotatable bonds is 3. The van der Waals surface area contributed by atoms with E-state index in [2.05, 4.69) is 23.3 Å². The summed E-state index contributed by atoms with van der Waals surface area (Å²) in [4.78, 5) is 18.1. The van der Waals surface area contributed by atoms with Crippen molar-refractivity contribution in [2.24, 2.45) is 0 Å². The summed E-state index contributed by atoms with van der Waals surface area (Å²) in [6, 6.07) is 4.31. The molecule has 1 atom stereocenters. The molecule has 1 aliphatic heterocycles. The minimum Gasteiger partial charge on any atom is -0.444 e. The minimum atomic E-state index is -0.437. The number of pyridine rings is 1. The van der Waals surface area contributed by atoms with Crippen LogP contribution in [0.15, 0.2) is 18.3 Å². The van der Waals surface area contributed by atoms with Crippen molar-refractivity contribution < 1.29 is 9.53 Å². The molecule has 1 fully saturated rings. The van der Waals surface area contributed by atoms with Crippen LogP contribution < -0.4 is 5.32 Å². The van der Waals surface area contributed by atoms with Crippen molar-refractivity contribution >= 4 is 6.09 Å². The molecule has 2 rings (SSSR count). The molecule has 116 valence electrons. The van der Waals surface area contributed by atoms with Crippen LogP contribution in [-0.2, 0) is 11.3 Å². The molecule has 2 heterocycles. The van der Waals surface area contributed by atoms with E-state index in [0.29, 0.717) is 12.6 Å². The third kappa shape index (κ3) is 4.70. The summed E-state index contributed by atoms with van der Waals surface area (Å²) in [6.45, 7) is 9.90. The average molecular weight is 291 g/mol. The van der Waals surface area contributed by atoms with Gasteiger partial charge in [-0.2, -0.15) is 0 Å². The maximum atomic E-state index is 12.0. The molecule has 1 unspecified atom stereocenters. The van der Waals surface area contributed by atoms with E-state index in [1.807, 2.05) is 33.0 Å². The highest BCUT2D eigenvalue weighted by Crippen LogP contribution is 2.15. The second kappa shape index (κ2) is 6.43. The lowest BCUT2D eigenvalue weighted by atomic mass is 10.2. The zero-order valence-corrected chi connectivity index (χ0v) is 13.3. The molecule has 1 amide bonds. The van der Waals surface area contributed by atoms with Gasteiger partial charge in [0.1, 0.15) is 5.60 Å². The molecule has 0 bridgehead atoms. The highest BCUT2D eigenvalue weighted by molar-refractivity contribution is 5.68. The van der Waals surface area contributed by atoms with Crippen molar-refractivity contribution in [3.05, 3.63) is 29.6 Å². The summed E-state index contributed by atoms with van der Waals surface area (Å²) in [5.41, 5.74) is 1.81. The van der Waals surface area contributed by atoms with Gasteiger partial charge in [0.2, 0.25) is 0 Å². The standard InChI is InChI=1S/C16H25N3O2/c1-12-6-5-8-17-14(12)10-18-13-7-9-19(11-13)15(20)21-16(2,3)4/h5-6,8,13,18H,7,9-11H2,1-4H3. The fourth-order valence-electron chi connectivity index (χ4n) is 2.36. The van der Waals surface area contributed by atoms with E-state index >= 15 is 0 Å². The molecule has 1 aromatic rings. The first-order valence-electron chi connectivity index (χ1n) is 7.47. The van der Waals surface area contributed by atoms with Crippen LogP contribution in [0.2, 0.25) is 0 Å². The molecule has 0 radical (unpaired) electrons. The van der Waals surface area contributed by atoms with Gasteiger partial charge in [-0.3, -0.25) is 4.98 Å². The predicted molar refractivity (Wildman–Crippen MR) is 82.0 cm³/mol. The van der Waals surface area contributed by atoms with Crippen LogP contribution in [0, 0.1) is 6.92 Å². The summed E-state index contributed by atoms with van der Waals surface area (Å²) in [5.74, 6) is 0. The van der Waals surface area contributed by atoms with Gasteiger partial charge in [-0.15, -0.1) is 0 Å². The number of nitrogens with zero attached hydrogens (tertiary/aromatic N) is 2. The van der Waals surface area contributed by atoms with E-state index < -0.39 is 5.60 Å². The van der Waals surface area contributed by atoms with Crippen LogP contribution in [0.25, 0.3) is 0 Å². The summed E-state index contributed by atoms with van der Waals surface area (Å²) >= 11 is 0. The lowest BCUT2D eigenvalue weighted by Gasteiger charge is -2.24. The molecule has 1 aromatic heterocycles. The Kier molecular flexibility index (Phi) is 4.83. The third-order valence-electron chi connectivity index (χ3n) is 3.52. The number of nitrogens with one attached hydrogen (secondary N) is 1. The van der Waals surface area contributed by atoms with Crippen LogP contribution in [-0.4, -0.2) is 40.7 Å². The number of aryl methyl sites for hydroxylation is 1. The smallest absolute Gasteiger partial charge is 0.410 e. The van der Waals surface area contributed by atoms with Gasteiger partial charge in [0.15, 0.2) is 0 Å². The van der Waals surface area contributed by atoms with Crippen molar-refractivity contribution in [1.82, 2.24) is 15.2 Å². The van der Waals surface area contributed by atoms with Gasteiger partial charge in [-0.05, 0) is 45.7 Å². The van der Waals surface area contributed by atoms with Crippen LogP contribution in [0.1, 0.15) is 38.4 Å². The third-order valence-corrected chi connectivity index (χ3v) is 3.52. The number of hydrogen-bond acceptors (Lipinski definition) is 4. The molecule has 1 saturated heterocycles. The van der Waals surface area contributed by atoms with Gasteiger partial charge in [0.05, 0.1) is 5.69 Å². The predicted octanol–water partition coefficient (Wildman–Crippen LogP) is 2.49. The molecular weight excluding hydrogens is 266 g/mol. The maximum absolute atomic E-state index is 12.0. The van der Waals surface area contributed by atoms with E-state index in [-0.39, 0.29) is 6.09 Å². The summed E-state index contributed by atoms with van der Waals surface area (Å²) in [5, 5.41) is 3.47. The monoisotopic (exact) mass is 291 g/mol. The zero-order valence-electron chi connectivity index (χ0n) is 13.3. The van der Waals surface area contributed by atoms with E-state index in [4.69, 9.17) is 4.74 Å². The quantitative estimate of drug-likeness (QED) is 0.929. The minimum absolute atomic E-state index is 0.221. The Morgan fingerprint density at radius 2 is 2.29 bits per heavy atom. The first-order chi connectivity index (χ1) is 9.85. The number of amides is 1. The second-order valence-corrected chi connectivity index (χ2v) is 6.56. The first kappa shape index (κ1) is 15.8. The fourth-order valence-corrected chi connectivity index (χ4v) is 2.36. The number of aromatic nitrogens is 1. The van der Waals surface area contributed by atoms with Gasteiger partial charge < -0.3 is 15.0 Å². The fraction of sp³-hybridized carbons (Fsp3) is 0.625. The lowest BCUT2D eigenvalue weighted by Crippen LogP contribution is -2.38. The highest BCUT2D eigenvalue weighted by atomic mass is 16.6. The van der Waals surface area contributed by atoms with Gasteiger partial charge in [0, 0.05) is 31.9 Å². The lowest BCUT2D eigenvalue weighted by molar-refractivity contribution is 0.0291. The molecule has 5 heteroatoms. The van der Waals surface area contributed by atoms with Crippen molar-refractivity contribution in [2.45, 2.75) is 52.3 Å². The van der Waals surface area contributed by atoms with E-state index in [1.54, 1.807) is 4.90 Å². The Hall–Kier alpha value is -1.62. The molecular formula is C16H25N3O2. The number of hydrogen-bond donors (Lipinski definition) is 1. The average Bonchev–Trinajstić information content (AvgIpc) is 2.85. The zero-order chi connectivity index (χ0) is 15.5. The summed E-state index contributed by atoms with van der Waals surface area (Å²) in [7, 11) is 0. The largest absolute Gasteiger partial charge is 0.444 e. The molecule has 0 saturated carbocycles. The summed E-state index contributed by atoms with van der Waals surface area (Å²) < 4.78 is 5.40. The molecule has 1 aliphatic rings. The van der Waals surface area contributed by atoms with Gasteiger partial charge in [0.25, 0.3) is 0 Å². The van der Waals surface area contributed by atoms with Gasteiger partial charge in [-0.25, -0.2) is 4.79 Å². The van der Waals surface area contributed by atoms with Gasteiger partial charge in [-0.1, -0.05) is 6.07 Å². The Morgan fingerprint density at radius 1 is 1.52 bits per heavy atom. The Morgan fingerprint density at radius 3 is 2.95 bits per heavy atom. The van der Waals surface area contributed by atoms with E-state index in [1.165, 1.54) is 5.56 Å². The topological polar surface area (TPSA) is 54.5 Å². The Labute approximate surface area is 126 Å². The van der Waals surface area contributed by atoms with Crippen LogP contribution in [0.3, 0.4) is 0 Å². The van der Waals surface area contributed by atoms with Crippen molar-refractivity contribution in [1.29, 1.82) is 0 Å². The molecule has 1 N–H and O–H groups in total. The van der Waals surface area contributed by atoms with Crippen LogP contribution >= 0.6 is 0 Å². The van der Waals surface area contributed by atoms with E-state index in [0.717, 1.165) is 25.2 Å². The van der Waals surface area contributed by atoms with Crippen LogP contribution in [0.4, 0.5) is 4.79 Å². The number of ether oxygens (including phenoxy) is 1. The number of carbonyl (C=O) groups excluding carboxylic acids is 1. The van der Waals surface area contributed by atoms with Crippen molar-refractivity contribution in [3.63, 3.8) is 0 Å².